The Hall–Kier alpha value is -5.01. The number of fused-ring (bicyclic) bond motifs is 1. The number of aryl methyl sites for hydroxylation is 1. The first-order valence-electron chi connectivity index (χ1n) is 14.3. The molecule has 0 fully saturated rings. The van der Waals surface area contributed by atoms with Crippen LogP contribution in [-0.2, 0) is 13.0 Å². The van der Waals surface area contributed by atoms with Crippen molar-refractivity contribution in [3.05, 3.63) is 155 Å². The van der Waals surface area contributed by atoms with E-state index in [0.29, 0.717) is 29.9 Å². The van der Waals surface area contributed by atoms with Crippen LogP contribution in [0.1, 0.15) is 37.7 Å². The lowest BCUT2D eigenvalue weighted by Crippen LogP contribution is -2.48. The number of hydrogen-bond donors (Lipinski definition) is 1. The number of rotatable bonds is 10. The minimum atomic E-state index is -0.325. The van der Waals surface area contributed by atoms with Gasteiger partial charge in [-0.15, -0.1) is 11.3 Å². The Bertz CT molecular complexity index is 1830. The van der Waals surface area contributed by atoms with Gasteiger partial charge in [-0.25, -0.2) is 4.98 Å². The second-order valence-electron chi connectivity index (χ2n) is 10.5. The molecule has 2 aromatic heterocycles. The molecule has 7 heteroatoms. The minimum Gasteiger partial charge on any atom is -0.349 e. The Morgan fingerprint density at radius 3 is 2.19 bits per heavy atom. The minimum absolute atomic E-state index is 0.0840. The molecule has 0 saturated carbocycles. The molecule has 6 rings (SSSR count). The highest BCUT2D eigenvalue weighted by molar-refractivity contribution is 7.15. The van der Waals surface area contributed by atoms with E-state index in [1.54, 1.807) is 0 Å². The highest BCUT2D eigenvalue weighted by Crippen LogP contribution is 2.27. The molecule has 43 heavy (non-hydrogen) atoms. The van der Waals surface area contributed by atoms with Gasteiger partial charge in [0.05, 0.1) is 11.7 Å². The van der Waals surface area contributed by atoms with Crippen molar-refractivity contribution in [3.63, 3.8) is 0 Å². The van der Waals surface area contributed by atoms with Gasteiger partial charge in [0.2, 0.25) is 0 Å². The summed E-state index contributed by atoms with van der Waals surface area (Å²) in [5, 5.41) is 5.08. The van der Waals surface area contributed by atoms with Crippen LogP contribution in [0.15, 0.2) is 127 Å². The van der Waals surface area contributed by atoms with Gasteiger partial charge in [-0.3, -0.25) is 14.0 Å². The summed E-state index contributed by atoms with van der Waals surface area (Å²) in [6.07, 6.45) is 2.44. The second-order valence-corrected chi connectivity index (χ2v) is 11.4. The van der Waals surface area contributed by atoms with Crippen molar-refractivity contribution in [2.24, 2.45) is 0 Å². The highest BCUT2D eigenvalue weighted by atomic mass is 32.1. The molecule has 0 unspecified atom stereocenters. The summed E-state index contributed by atoms with van der Waals surface area (Å²) in [4.78, 5) is 35.5. The zero-order valence-electron chi connectivity index (χ0n) is 23.9. The number of carbonyl (C=O) groups is 2. The van der Waals surface area contributed by atoms with Crippen LogP contribution in [0.4, 0.5) is 0 Å². The van der Waals surface area contributed by atoms with Crippen LogP contribution < -0.4 is 5.32 Å². The molecule has 2 amide bonds. The zero-order chi connectivity index (χ0) is 29.6. The van der Waals surface area contributed by atoms with E-state index in [-0.39, 0.29) is 24.4 Å². The van der Waals surface area contributed by atoms with E-state index in [4.69, 9.17) is 0 Å². The number of nitrogens with zero attached hydrogens (tertiary/aromatic N) is 3. The molecule has 0 saturated heterocycles. The van der Waals surface area contributed by atoms with E-state index in [1.165, 1.54) is 11.3 Å². The highest BCUT2D eigenvalue weighted by Gasteiger charge is 2.28. The summed E-state index contributed by atoms with van der Waals surface area (Å²) < 4.78 is 1.82. The van der Waals surface area contributed by atoms with Gasteiger partial charge in [-0.1, -0.05) is 109 Å². The maximum Gasteiger partial charge on any atom is 0.270 e. The van der Waals surface area contributed by atoms with E-state index >= 15 is 0 Å². The van der Waals surface area contributed by atoms with Crippen LogP contribution in [0.3, 0.4) is 0 Å². The molecule has 0 aliphatic heterocycles. The van der Waals surface area contributed by atoms with Crippen molar-refractivity contribution in [2.45, 2.75) is 25.9 Å². The van der Waals surface area contributed by atoms with Crippen LogP contribution in [0.2, 0.25) is 0 Å². The third-order valence-corrected chi connectivity index (χ3v) is 8.36. The molecule has 214 valence electrons. The molecule has 0 aliphatic rings. The first-order valence-corrected chi connectivity index (χ1v) is 15.2. The molecular formula is C36H32N4O2S. The predicted octanol–water partition coefficient (Wildman–Crippen LogP) is 7.05. The lowest BCUT2D eigenvalue weighted by Gasteiger charge is -2.33. The SMILES string of the molecule is Cc1nc2sccn2c1C(=O)NC[C@@H](Cc1ccccc1)N(Cc1ccccc1)C(=O)c1ccccc1-c1ccccc1. The normalized spacial score (nSPS) is 11.7. The van der Waals surface area contributed by atoms with Gasteiger partial charge in [-0.05, 0) is 41.7 Å². The van der Waals surface area contributed by atoms with Crippen molar-refractivity contribution in [1.29, 1.82) is 0 Å². The molecule has 0 aliphatic carbocycles. The van der Waals surface area contributed by atoms with E-state index in [1.807, 2.05) is 131 Å². The number of hydrogen-bond acceptors (Lipinski definition) is 4. The molecule has 1 N–H and O–H groups in total. The first-order chi connectivity index (χ1) is 21.1. The van der Waals surface area contributed by atoms with Gasteiger partial charge in [-0.2, -0.15) is 0 Å². The van der Waals surface area contributed by atoms with Crippen molar-refractivity contribution in [3.8, 4) is 11.1 Å². The van der Waals surface area contributed by atoms with E-state index in [2.05, 4.69) is 22.4 Å². The van der Waals surface area contributed by atoms with Gasteiger partial charge in [0, 0.05) is 30.2 Å². The van der Waals surface area contributed by atoms with E-state index in [0.717, 1.165) is 27.2 Å². The molecule has 4 aromatic carbocycles. The van der Waals surface area contributed by atoms with Gasteiger partial charge < -0.3 is 10.2 Å². The zero-order valence-corrected chi connectivity index (χ0v) is 24.7. The van der Waals surface area contributed by atoms with Crippen LogP contribution in [-0.4, -0.2) is 38.7 Å². The summed E-state index contributed by atoms with van der Waals surface area (Å²) >= 11 is 1.49. The first kappa shape index (κ1) is 28.1. The molecule has 0 bridgehead atoms. The molecular weight excluding hydrogens is 552 g/mol. The Balaban J connectivity index is 1.38. The molecule has 1 atom stereocenters. The Morgan fingerprint density at radius 2 is 1.47 bits per heavy atom. The maximum atomic E-state index is 14.6. The summed E-state index contributed by atoms with van der Waals surface area (Å²) in [6.45, 7) is 2.52. The second kappa shape index (κ2) is 12.9. The largest absolute Gasteiger partial charge is 0.349 e. The summed E-state index contributed by atoms with van der Waals surface area (Å²) in [5.74, 6) is -0.294. The van der Waals surface area contributed by atoms with Crippen LogP contribution in [0, 0.1) is 6.92 Å². The molecule has 6 aromatic rings. The van der Waals surface area contributed by atoms with Crippen LogP contribution in [0.25, 0.3) is 16.1 Å². The molecule has 2 heterocycles. The topological polar surface area (TPSA) is 66.7 Å². The van der Waals surface area contributed by atoms with Crippen LogP contribution in [0.5, 0.6) is 0 Å². The van der Waals surface area contributed by atoms with E-state index in [9.17, 15) is 9.59 Å². The average Bonchev–Trinajstić information content (AvgIpc) is 3.63. The van der Waals surface area contributed by atoms with Crippen molar-refractivity contribution in [1.82, 2.24) is 19.6 Å². The Morgan fingerprint density at radius 1 is 0.837 bits per heavy atom. The number of amides is 2. The van der Waals surface area contributed by atoms with Gasteiger partial charge in [0.25, 0.3) is 11.8 Å². The summed E-state index contributed by atoms with van der Waals surface area (Å²) in [6, 6.07) is 37.5. The number of thiazole rings is 1. The predicted molar refractivity (Wildman–Crippen MR) is 172 cm³/mol. The third-order valence-electron chi connectivity index (χ3n) is 7.60. The fourth-order valence-electron chi connectivity index (χ4n) is 5.48. The summed E-state index contributed by atoms with van der Waals surface area (Å²) in [5.41, 5.74) is 5.79. The molecule has 0 radical (unpaired) electrons. The average molecular weight is 585 g/mol. The Kier molecular flexibility index (Phi) is 8.42. The number of imidazole rings is 1. The fourth-order valence-corrected chi connectivity index (χ4v) is 6.24. The Labute approximate surface area is 255 Å². The molecule has 6 nitrogen and oxygen atoms in total. The standard InChI is InChI=1S/C36H32N4O2S/c1-26-33(39-21-22-43-36(39)38-26)34(41)37-24-30(23-27-13-5-2-6-14-27)40(25-28-15-7-3-8-16-28)35(42)32-20-12-11-19-31(32)29-17-9-4-10-18-29/h2-22,30H,23-25H2,1H3,(H,37,41)/t30-/m1/s1. The molecule has 0 spiro atoms. The number of carbonyl (C=O) groups excluding carboxylic acids is 2. The lowest BCUT2D eigenvalue weighted by atomic mass is 9.97. The fraction of sp³-hybridized carbons (Fsp3) is 0.139. The number of benzene rings is 4. The monoisotopic (exact) mass is 584 g/mol. The van der Waals surface area contributed by atoms with Crippen molar-refractivity contribution < 1.29 is 9.59 Å². The number of aromatic nitrogens is 2. The third kappa shape index (κ3) is 6.27. The maximum absolute atomic E-state index is 14.6. The number of nitrogens with one attached hydrogen (secondary N) is 1. The summed E-state index contributed by atoms with van der Waals surface area (Å²) in [7, 11) is 0. The van der Waals surface area contributed by atoms with Crippen molar-refractivity contribution in [2.75, 3.05) is 6.54 Å². The van der Waals surface area contributed by atoms with Crippen molar-refractivity contribution >= 4 is 28.1 Å². The van der Waals surface area contributed by atoms with Gasteiger partial charge in [0.1, 0.15) is 5.69 Å². The van der Waals surface area contributed by atoms with Gasteiger partial charge in [0.15, 0.2) is 4.96 Å². The van der Waals surface area contributed by atoms with Gasteiger partial charge >= 0.3 is 0 Å². The quantitative estimate of drug-likeness (QED) is 0.188. The van der Waals surface area contributed by atoms with Crippen LogP contribution >= 0.6 is 11.3 Å². The lowest BCUT2D eigenvalue weighted by molar-refractivity contribution is 0.0647. The smallest absolute Gasteiger partial charge is 0.270 e. The van der Waals surface area contributed by atoms with E-state index < -0.39 is 0 Å².